The molecular formula is C18H17ClN2O2. The molecule has 0 fully saturated rings. The van der Waals surface area contributed by atoms with Crippen molar-refractivity contribution in [1.29, 1.82) is 0 Å². The largest absolute Gasteiger partial charge is 0.441 e. The fourth-order valence-electron chi connectivity index (χ4n) is 2.48. The highest BCUT2D eigenvalue weighted by Gasteiger charge is 2.05. The number of aromatic nitrogens is 1. The van der Waals surface area contributed by atoms with Crippen molar-refractivity contribution in [3.8, 4) is 0 Å². The summed E-state index contributed by atoms with van der Waals surface area (Å²) in [5.74, 6) is 0.651. The Labute approximate surface area is 139 Å². The van der Waals surface area contributed by atoms with Crippen molar-refractivity contribution in [2.24, 2.45) is 0 Å². The second-order valence-electron chi connectivity index (χ2n) is 5.44. The Morgan fingerprint density at radius 2 is 2.09 bits per heavy atom. The lowest BCUT2D eigenvalue weighted by atomic mass is 10.1. The predicted molar refractivity (Wildman–Crippen MR) is 90.6 cm³/mol. The van der Waals surface area contributed by atoms with Gasteiger partial charge in [-0.3, -0.25) is 4.79 Å². The zero-order chi connectivity index (χ0) is 16.2. The third-order valence-electron chi connectivity index (χ3n) is 3.55. The average Bonchev–Trinajstić information content (AvgIpc) is 2.86. The van der Waals surface area contributed by atoms with E-state index in [9.17, 15) is 4.79 Å². The van der Waals surface area contributed by atoms with E-state index < -0.39 is 0 Å². The lowest BCUT2D eigenvalue weighted by Crippen LogP contribution is -2.27. The van der Waals surface area contributed by atoms with Gasteiger partial charge in [0, 0.05) is 18.5 Å². The van der Waals surface area contributed by atoms with Crippen LogP contribution in [-0.4, -0.2) is 17.4 Å². The summed E-state index contributed by atoms with van der Waals surface area (Å²) in [5.41, 5.74) is 3.67. The van der Waals surface area contributed by atoms with E-state index in [1.54, 1.807) is 6.07 Å². The Bertz CT molecular complexity index is 842. The molecule has 23 heavy (non-hydrogen) atoms. The van der Waals surface area contributed by atoms with E-state index in [-0.39, 0.29) is 5.91 Å². The second kappa shape index (κ2) is 6.84. The van der Waals surface area contributed by atoms with Gasteiger partial charge in [0.25, 0.3) is 0 Å². The lowest BCUT2D eigenvalue weighted by Gasteiger charge is -2.06. The Morgan fingerprint density at radius 3 is 2.91 bits per heavy atom. The molecule has 118 valence electrons. The molecule has 1 amide bonds. The molecule has 4 nitrogen and oxygen atoms in total. The maximum absolute atomic E-state index is 11.9. The molecule has 0 unspecified atom stereocenters. The highest BCUT2D eigenvalue weighted by atomic mass is 35.5. The molecule has 0 saturated heterocycles. The molecule has 2 aromatic carbocycles. The SMILES string of the molecule is Cc1nc2cc(CCNC(=O)Cc3cccc(Cl)c3)ccc2o1. The van der Waals surface area contributed by atoms with E-state index in [4.69, 9.17) is 16.0 Å². The number of amides is 1. The van der Waals surface area contributed by atoms with Crippen molar-refractivity contribution in [2.75, 3.05) is 6.54 Å². The van der Waals surface area contributed by atoms with E-state index in [0.29, 0.717) is 23.9 Å². The number of fused-ring (bicyclic) bond motifs is 1. The number of aryl methyl sites for hydroxylation is 1. The quantitative estimate of drug-likeness (QED) is 0.777. The first-order valence-electron chi connectivity index (χ1n) is 7.47. The minimum atomic E-state index is -0.00868. The van der Waals surface area contributed by atoms with Gasteiger partial charge in [-0.25, -0.2) is 4.98 Å². The van der Waals surface area contributed by atoms with Gasteiger partial charge in [0.05, 0.1) is 6.42 Å². The van der Waals surface area contributed by atoms with Gasteiger partial charge < -0.3 is 9.73 Å². The van der Waals surface area contributed by atoms with Gasteiger partial charge in [-0.15, -0.1) is 0 Å². The smallest absolute Gasteiger partial charge is 0.224 e. The first-order valence-corrected chi connectivity index (χ1v) is 7.85. The number of nitrogens with one attached hydrogen (secondary N) is 1. The number of carbonyl (C=O) groups is 1. The molecule has 0 spiro atoms. The number of hydrogen-bond acceptors (Lipinski definition) is 3. The van der Waals surface area contributed by atoms with E-state index in [1.165, 1.54) is 0 Å². The summed E-state index contributed by atoms with van der Waals surface area (Å²) in [6, 6.07) is 13.3. The summed E-state index contributed by atoms with van der Waals surface area (Å²) in [4.78, 5) is 16.3. The van der Waals surface area contributed by atoms with Crippen LogP contribution in [0.5, 0.6) is 0 Å². The van der Waals surface area contributed by atoms with E-state index in [2.05, 4.69) is 10.3 Å². The predicted octanol–water partition coefficient (Wildman–Crippen LogP) is 3.69. The van der Waals surface area contributed by atoms with Crippen LogP contribution in [0.4, 0.5) is 0 Å². The number of rotatable bonds is 5. The molecule has 1 aromatic heterocycles. The first-order chi connectivity index (χ1) is 11.1. The Hall–Kier alpha value is -2.33. The third-order valence-corrected chi connectivity index (χ3v) is 3.78. The van der Waals surface area contributed by atoms with Crippen molar-refractivity contribution in [3.05, 3.63) is 64.5 Å². The number of halogens is 1. The van der Waals surface area contributed by atoms with Crippen LogP contribution < -0.4 is 5.32 Å². The Balaban J connectivity index is 1.52. The average molecular weight is 329 g/mol. The summed E-state index contributed by atoms with van der Waals surface area (Å²) < 4.78 is 5.45. The van der Waals surface area contributed by atoms with Crippen LogP contribution in [0.15, 0.2) is 46.9 Å². The highest BCUT2D eigenvalue weighted by molar-refractivity contribution is 6.30. The molecule has 0 aliphatic heterocycles. The monoisotopic (exact) mass is 328 g/mol. The first kappa shape index (κ1) is 15.6. The molecule has 0 saturated carbocycles. The topological polar surface area (TPSA) is 55.1 Å². The van der Waals surface area contributed by atoms with Gasteiger partial charge in [0.2, 0.25) is 5.91 Å². The molecular weight excluding hydrogens is 312 g/mol. The summed E-state index contributed by atoms with van der Waals surface area (Å²) in [7, 11) is 0. The molecule has 0 radical (unpaired) electrons. The molecule has 1 N–H and O–H groups in total. The van der Waals surface area contributed by atoms with Gasteiger partial charge in [0.15, 0.2) is 11.5 Å². The van der Waals surface area contributed by atoms with Crippen LogP contribution >= 0.6 is 11.6 Å². The van der Waals surface area contributed by atoms with Crippen LogP contribution in [0.2, 0.25) is 5.02 Å². The van der Waals surface area contributed by atoms with Gasteiger partial charge in [-0.05, 0) is 41.8 Å². The normalized spacial score (nSPS) is 10.9. The minimum absolute atomic E-state index is 0.00868. The summed E-state index contributed by atoms with van der Waals surface area (Å²) in [6.45, 7) is 2.41. The minimum Gasteiger partial charge on any atom is -0.441 e. The van der Waals surface area contributed by atoms with Crippen molar-refractivity contribution >= 4 is 28.6 Å². The maximum Gasteiger partial charge on any atom is 0.224 e. The van der Waals surface area contributed by atoms with E-state index in [1.807, 2.05) is 43.3 Å². The van der Waals surface area contributed by atoms with Gasteiger partial charge in [-0.1, -0.05) is 29.8 Å². The maximum atomic E-state index is 11.9. The standard InChI is InChI=1S/C18H17ClN2O2/c1-12-21-16-10-13(5-6-17(16)23-12)7-8-20-18(22)11-14-3-2-4-15(19)9-14/h2-6,9-10H,7-8,11H2,1H3,(H,20,22). The van der Waals surface area contributed by atoms with Crippen molar-refractivity contribution in [1.82, 2.24) is 10.3 Å². The number of oxazole rings is 1. The van der Waals surface area contributed by atoms with Crippen molar-refractivity contribution in [2.45, 2.75) is 19.8 Å². The molecule has 0 bridgehead atoms. The third kappa shape index (κ3) is 4.11. The van der Waals surface area contributed by atoms with Crippen LogP contribution in [0.3, 0.4) is 0 Å². The number of carbonyl (C=O) groups excluding carboxylic acids is 1. The molecule has 1 heterocycles. The molecule has 0 aliphatic carbocycles. The number of hydrogen-bond donors (Lipinski definition) is 1. The lowest BCUT2D eigenvalue weighted by molar-refractivity contribution is -0.120. The fraction of sp³-hybridized carbons (Fsp3) is 0.222. The van der Waals surface area contributed by atoms with Gasteiger partial charge >= 0.3 is 0 Å². The molecule has 5 heteroatoms. The van der Waals surface area contributed by atoms with Crippen molar-refractivity contribution < 1.29 is 9.21 Å². The fourth-order valence-corrected chi connectivity index (χ4v) is 2.70. The molecule has 3 rings (SSSR count). The van der Waals surface area contributed by atoms with Gasteiger partial charge in [-0.2, -0.15) is 0 Å². The zero-order valence-corrected chi connectivity index (χ0v) is 13.6. The Kier molecular flexibility index (Phi) is 4.63. The van der Waals surface area contributed by atoms with Crippen LogP contribution in [0, 0.1) is 6.92 Å². The number of nitrogens with zero attached hydrogens (tertiary/aromatic N) is 1. The summed E-state index contributed by atoms with van der Waals surface area (Å²) in [6.07, 6.45) is 1.09. The van der Waals surface area contributed by atoms with Crippen molar-refractivity contribution in [3.63, 3.8) is 0 Å². The molecule has 0 atom stereocenters. The van der Waals surface area contributed by atoms with Gasteiger partial charge in [0.1, 0.15) is 5.52 Å². The number of benzene rings is 2. The zero-order valence-electron chi connectivity index (χ0n) is 12.8. The van der Waals surface area contributed by atoms with E-state index >= 15 is 0 Å². The Morgan fingerprint density at radius 1 is 1.22 bits per heavy atom. The summed E-state index contributed by atoms with van der Waals surface area (Å²) >= 11 is 5.92. The summed E-state index contributed by atoms with van der Waals surface area (Å²) in [5, 5.41) is 3.57. The highest BCUT2D eigenvalue weighted by Crippen LogP contribution is 2.17. The van der Waals surface area contributed by atoms with Crippen LogP contribution in [0.25, 0.3) is 11.1 Å². The van der Waals surface area contributed by atoms with E-state index in [0.717, 1.165) is 28.6 Å². The van der Waals surface area contributed by atoms with Crippen LogP contribution in [-0.2, 0) is 17.6 Å². The molecule has 0 aliphatic rings. The second-order valence-corrected chi connectivity index (χ2v) is 5.88. The molecule has 3 aromatic rings. The van der Waals surface area contributed by atoms with Crippen LogP contribution in [0.1, 0.15) is 17.0 Å².